The second-order valence-electron chi connectivity index (χ2n) is 13.6. The number of hydrogen-bond acceptors (Lipinski definition) is 8. The van der Waals surface area contributed by atoms with Crippen molar-refractivity contribution in [1.29, 1.82) is 0 Å². The highest BCUT2D eigenvalue weighted by molar-refractivity contribution is 6.23. The van der Waals surface area contributed by atoms with Crippen molar-refractivity contribution in [3.8, 4) is 0 Å². The van der Waals surface area contributed by atoms with Crippen LogP contribution in [0.15, 0.2) is 16.6 Å². The number of guanidine groups is 1. The van der Waals surface area contributed by atoms with E-state index in [4.69, 9.17) is 15.2 Å². The van der Waals surface area contributed by atoms with E-state index in [1.54, 1.807) is 7.05 Å². The molecule has 5 aliphatic rings. The Morgan fingerprint density at radius 2 is 1.86 bits per heavy atom. The number of Topliss-reactive ketones (excluding diaryl/α,β-unsaturated/α-hetero) is 2. The number of esters is 1. The van der Waals surface area contributed by atoms with Gasteiger partial charge in [-0.05, 0) is 70.8 Å². The van der Waals surface area contributed by atoms with E-state index in [0.29, 0.717) is 18.8 Å². The van der Waals surface area contributed by atoms with Crippen LogP contribution in [0.2, 0.25) is 0 Å². The number of hydrogen-bond donors (Lipinski definition) is 4. The number of nitrogens with two attached hydrogens (primary N) is 1. The lowest BCUT2D eigenvalue weighted by Crippen LogP contribution is -2.59. The number of fused-ring (bicyclic) bond motifs is 2. The summed E-state index contributed by atoms with van der Waals surface area (Å²) < 4.78 is 11.8. The van der Waals surface area contributed by atoms with Gasteiger partial charge in [0.05, 0.1) is 12.8 Å². The second kappa shape index (κ2) is 13.4. The van der Waals surface area contributed by atoms with Crippen LogP contribution in [0.1, 0.15) is 104 Å². The monoisotopic (exact) mass is 599 g/mol. The molecule has 0 spiro atoms. The molecule has 10 nitrogen and oxygen atoms in total. The van der Waals surface area contributed by atoms with Crippen molar-refractivity contribution in [2.45, 2.75) is 127 Å². The van der Waals surface area contributed by atoms with Crippen LogP contribution in [0.4, 0.5) is 0 Å². The molecule has 5 N–H and O–H groups in total. The summed E-state index contributed by atoms with van der Waals surface area (Å²) in [6.07, 6.45) is 13.7. The molecule has 43 heavy (non-hydrogen) atoms. The van der Waals surface area contributed by atoms with Crippen LogP contribution in [0.5, 0.6) is 0 Å². The number of epoxide rings is 1. The van der Waals surface area contributed by atoms with Crippen molar-refractivity contribution in [2.75, 3.05) is 26.7 Å². The van der Waals surface area contributed by atoms with E-state index >= 15 is 0 Å². The minimum atomic E-state index is -1.80. The number of piperidine rings is 1. The lowest BCUT2D eigenvalue weighted by atomic mass is 9.61. The Labute approximate surface area is 256 Å². The third-order valence-corrected chi connectivity index (χ3v) is 10.8. The maximum absolute atomic E-state index is 14.1. The highest BCUT2D eigenvalue weighted by Gasteiger charge is 2.86. The number of unbranched alkanes of at least 4 members (excludes halogenated alkanes) is 3. The molecule has 0 aromatic heterocycles. The van der Waals surface area contributed by atoms with Crippen molar-refractivity contribution in [1.82, 2.24) is 16.0 Å². The molecular formula is C33H53N5O5. The minimum absolute atomic E-state index is 0.0541. The SMILES string of the molecule is CCCCCCOC(=O)[C@]12O[C@@]1(CC=C(C)C[C@@]1(C3CCNC(N)C3)CCCNC(=NC)N1)C(=O)C1CCCCC1C2=O. The first-order valence-electron chi connectivity index (χ1n) is 16.8. The molecule has 7 atom stereocenters. The van der Waals surface area contributed by atoms with Gasteiger partial charge in [-0.3, -0.25) is 14.6 Å². The summed E-state index contributed by atoms with van der Waals surface area (Å²) in [6.45, 7) is 6.16. The third-order valence-electron chi connectivity index (χ3n) is 10.8. The van der Waals surface area contributed by atoms with Crippen molar-refractivity contribution >= 4 is 23.5 Å². The standard InChI is InChI=1S/C33H53N5O5/c1-4-5-6-9-19-42-29(41)33-28(40)25-12-8-7-11-24(25)27(39)32(33,43-33)16-13-22(2)21-31(23-14-18-36-26(34)20-23)15-10-17-37-30(35-3)38-31/h13,23-26,36H,4-12,14-21,34H2,1-3H3,(H2,35,37,38)/t23?,24?,25?,26?,31-,32+,33+/m1/s1. The first-order chi connectivity index (χ1) is 20.7. The third kappa shape index (κ3) is 6.03. The molecule has 0 radical (unpaired) electrons. The quantitative estimate of drug-likeness (QED) is 0.0923. The van der Waals surface area contributed by atoms with Gasteiger partial charge >= 0.3 is 5.97 Å². The number of aliphatic imine (C=N–C) groups is 1. The number of carbonyl (C=O) groups is 3. The summed E-state index contributed by atoms with van der Waals surface area (Å²) in [4.78, 5) is 46.1. The molecular weight excluding hydrogens is 546 g/mol. The Bertz CT molecular complexity index is 1120. The van der Waals surface area contributed by atoms with E-state index in [-0.39, 0.29) is 42.2 Å². The fourth-order valence-electron chi connectivity index (χ4n) is 8.43. The zero-order valence-corrected chi connectivity index (χ0v) is 26.5. The normalized spacial score (nSPS) is 38.8. The van der Waals surface area contributed by atoms with E-state index in [0.717, 1.165) is 95.3 Å². The van der Waals surface area contributed by atoms with Gasteiger partial charge in [-0.2, -0.15) is 0 Å². The molecule has 10 heteroatoms. The molecule has 240 valence electrons. The lowest BCUT2D eigenvalue weighted by Gasteiger charge is -2.45. The molecule has 2 saturated carbocycles. The molecule has 0 bridgehead atoms. The van der Waals surface area contributed by atoms with Crippen molar-refractivity contribution in [3.63, 3.8) is 0 Å². The fourth-order valence-corrected chi connectivity index (χ4v) is 8.43. The van der Waals surface area contributed by atoms with Gasteiger partial charge in [-0.25, -0.2) is 4.79 Å². The number of nitrogens with zero attached hydrogens (tertiary/aromatic N) is 1. The first kappa shape index (κ1) is 32.1. The summed E-state index contributed by atoms with van der Waals surface area (Å²) in [5.74, 6) is -0.681. The predicted octanol–water partition coefficient (Wildman–Crippen LogP) is 3.28. The molecule has 4 unspecified atom stereocenters. The minimum Gasteiger partial charge on any atom is -0.463 e. The molecule has 5 rings (SSSR count). The number of rotatable bonds is 11. The van der Waals surface area contributed by atoms with Crippen LogP contribution in [0, 0.1) is 17.8 Å². The molecule has 5 fully saturated rings. The largest absolute Gasteiger partial charge is 0.463 e. The highest BCUT2D eigenvalue weighted by atomic mass is 16.7. The van der Waals surface area contributed by atoms with Crippen molar-refractivity contribution < 1.29 is 23.9 Å². The maximum atomic E-state index is 14.1. The van der Waals surface area contributed by atoms with Crippen molar-refractivity contribution in [2.24, 2.45) is 28.5 Å². The van der Waals surface area contributed by atoms with Gasteiger partial charge in [0.2, 0.25) is 0 Å². The Balaban J connectivity index is 1.39. The smallest absolute Gasteiger partial charge is 0.349 e. The molecule has 3 saturated heterocycles. The van der Waals surface area contributed by atoms with Gasteiger partial charge in [-0.15, -0.1) is 0 Å². The average Bonchev–Trinajstić information content (AvgIpc) is 3.76. The Kier molecular flexibility index (Phi) is 9.98. The lowest BCUT2D eigenvalue weighted by molar-refractivity contribution is -0.158. The highest BCUT2D eigenvalue weighted by Crippen LogP contribution is 2.61. The molecule has 0 aromatic carbocycles. The van der Waals surface area contributed by atoms with Gasteiger partial charge in [-0.1, -0.05) is 50.7 Å². The summed E-state index contributed by atoms with van der Waals surface area (Å²) in [6, 6.07) is 0. The maximum Gasteiger partial charge on any atom is 0.349 e. The van der Waals surface area contributed by atoms with Crippen LogP contribution >= 0.6 is 0 Å². The summed E-state index contributed by atoms with van der Waals surface area (Å²) >= 11 is 0. The van der Waals surface area contributed by atoms with Crippen molar-refractivity contribution in [3.05, 3.63) is 11.6 Å². The van der Waals surface area contributed by atoms with Crippen LogP contribution in [0.3, 0.4) is 0 Å². The van der Waals surface area contributed by atoms with Gasteiger partial charge in [0.15, 0.2) is 23.1 Å². The van der Waals surface area contributed by atoms with Gasteiger partial charge in [0.1, 0.15) is 0 Å². The van der Waals surface area contributed by atoms with E-state index in [1.807, 2.05) is 6.08 Å². The van der Waals surface area contributed by atoms with Crippen LogP contribution in [0.25, 0.3) is 0 Å². The number of ether oxygens (including phenoxy) is 2. The number of ketones is 2. The first-order valence-corrected chi connectivity index (χ1v) is 16.8. The average molecular weight is 600 g/mol. The Morgan fingerprint density at radius 1 is 1.09 bits per heavy atom. The molecule has 3 heterocycles. The van der Waals surface area contributed by atoms with Crippen LogP contribution < -0.4 is 21.7 Å². The van der Waals surface area contributed by atoms with E-state index < -0.39 is 23.1 Å². The summed E-state index contributed by atoms with van der Waals surface area (Å²) in [7, 11) is 1.79. The number of nitrogens with one attached hydrogen (secondary N) is 3. The molecule has 3 aliphatic heterocycles. The van der Waals surface area contributed by atoms with Gasteiger partial charge in [0, 0.05) is 37.4 Å². The molecule has 0 aromatic rings. The number of carbonyl (C=O) groups excluding carboxylic acids is 3. The Morgan fingerprint density at radius 3 is 2.58 bits per heavy atom. The van der Waals surface area contributed by atoms with Gasteiger partial charge < -0.3 is 31.2 Å². The van der Waals surface area contributed by atoms with Gasteiger partial charge in [0.25, 0.3) is 5.60 Å². The summed E-state index contributed by atoms with van der Waals surface area (Å²) in [5, 5.41) is 10.5. The van der Waals surface area contributed by atoms with E-state index in [9.17, 15) is 14.4 Å². The topological polar surface area (TPSA) is 147 Å². The van der Waals surface area contributed by atoms with E-state index in [1.165, 1.54) is 0 Å². The van der Waals surface area contributed by atoms with Crippen LogP contribution in [-0.4, -0.2) is 73.1 Å². The zero-order chi connectivity index (χ0) is 30.7. The zero-order valence-electron chi connectivity index (χ0n) is 26.5. The second-order valence-corrected chi connectivity index (χ2v) is 13.6. The Hall–Kier alpha value is -2.30. The van der Waals surface area contributed by atoms with Crippen LogP contribution in [-0.2, 0) is 23.9 Å². The van der Waals surface area contributed by atoms with E-state index in [2.05, 4.69) is 34.8 Å². The molecule has 0 amide bonds. The summed E-state index contributed by atoms with van der Waals surface area (Å²) in [5.41, 5.74) is 3.95. The fraction of sp³-hybridized carbons (Fsp3) is 0.818. The molecule has 2 aliphatic carbocycles. The predicted molar refractivity (Wildman–Crippen MR) is 165 cm³/mol.